The van der Waals surface area contributed by atoms with Gasteiger partial charge in [-0.25, -0.2) is 0 Å². The van der Waals surface area contributed by atoms with E-state index >= 15 is 0 Å². The lowest BCUT2D eigenvalue weighted by atomic mass is 10.1. The maximum Gasteiger partial charge on any atom is 0.303 e. The van der Waals surface area contributed by atoms with Gasteiger partial charge in [-0.15, -0.1) is 0 Å². The molecular formula is C15H18N2O3. The number of hydrogen-bond acceptors (Lipinski definition) is 2. The maximum absolute atomic E-state index is 12.2. The number of aromatic nitrogens is 1. The first-order chi connectivity index (χ1) is 9.58. The Morgan fingerprint density at radius 3 is 2.90 bits per heavy atom. The van der Waals surface area contributed by atoms with E-state index in [9.17, 15) is 9.59 Å². The molecule has 1 amide bonds. The number of fused-ring (bicyclic) bond motifs is 1. The fraction of sp³-hybridized carbons (Fsp3) is 0.333. The van der Waals surface area contributed by atoms with Crippen LogP contribution in [0.1, 0.15) is 30.1 Å². The van der Waals surface area contributed by atoms with Gasteiger partial charge in [0.1, 0.15) is 0 Å². The van der Waals surface area contributed by atoms with Gasteiger partial charge in [-0.2, -0.15) is 0 Å². The van der Waals surface area contributed by atoms with Gasteiger partial charge in [0.25, 0.3) is 5.91 Å². The van der Waals surface area contributed by atoms with Gasteiger partial charge < -0.3 is 15.4 Å². The Morgan fingerprint density at radius 2 is 2.15 bits per heavy atom. The molecule has 1 aromatic heterocycles. The lowest BCUT2D eigenvalue weighted by Crippen LogP contribution is -2.28. The highest BCUT2D eigenvalue weighted by atomic mass is 16.4. The highest BCUT2D eigenvalue weighted by molar-refractivity contribution is 6.06. The molecule has 5 nitrogen and oxygen atoms in total. The third-order valence-electron chi connectivity index (χ3n) is 3.30. The molecule has 2 rings (SSSR count). The predicted octanol–water partition coefficient (Wildman–Crippen LogP) is 2.40. The van der Waals surface area contributed by atoms with Crippen molar-refractivity contribution in [3.8, 4) is 0 Å². The number of hydrogen-bond donors (Lipinski definition) is 3. The third-order valence-corrected chi connectivity index (χ3v) is 3.30. The topological polar surface area (TPSA) is 82.2 Å². The van der Waals surface area contributed by atoms with Gasteiger partial charge >= 0.3 is 5.97 Å². The van der Waals surface area contributed by atoms with Crippen LogP contribution in [0.5, 0.6) is 0 Å². The van der Waals surface area contributed by atoms with Gasteiger partial charge in [0, 0.05) is 35.6 Å². The standard InChI is InChI=1S/C15H18N2O3/c1-10(5-6-14(18)19)9-17-15(20)12-3-2-4-13-11(12)7-8-16-13/h2-4,7-8,10,16H,5-6,9H2,1H3,(H,17,20)(H,18,19). The highest BCUT2D eigenvalue weighted by Gasteiger charge is 2.12. The smallest absolute Gasteiger partial charge is 0.303 e. The molecule has 1 heterocycles. The molecule has 0 aliphatic rings. The summed E-state index contributed by atoms with van der Waals surface area (Å²) in [6.45, 7) is 2.41. The molecule has 0 aliphatic carbocycles. The zero-order chi connectivity index (χ0) is 14.5. The predicted molar refractivity (Wildman–Crippen MR) is 76.7 cm³/mol. The molecule has 1 unspecified atom stereocenters. The fourth-order valence-corrected chi connectivity index (χ4v) is 2.12. The molecule has 0 aliphatic heterocycles. The van der Waals surface area contributed by atoms with Crippen molar-refractivity contribution in [2.45, 2.75) is 19.8 Å². The van der Waals surface area contributed by atoms with E-state index in [1.165, 1.54) is 0 Å². The third kappa shape index (κ3) is 3.38. The molecule has 0 saturated heterocycles. The lowest BCUT2D eigenvalue weighted by molar-refractivity contribution is -0.137. The normalized spacial score (nSPS) is 12.2. The molecule has 1 aromatic carbocycles. The molecule has 0 radical (unpaired) electrons. The van der Waals surface area contributed by atoms with E-state index in [2.05, 4.69) is 10.3 Å². The van der Waals surface area contributed by atoms with E-state index in [-0.39, 0.29) is 18.2 Å². The van der Waals surface area contributed by atoms with E-state index in [0.717, 1.165) is 10.9 Å². The number of carbonyl (C=O) groups is 2. The summed E-state index contributed by atoms with van der Waals surface area (Å²) in [4.78, 5) is 25.7. The lowest BCUT2D eigenvalue weighted by Gasteiger charge is -2.12. The maximum atomic E-state index is 12.2. The number of carbonyl (C=O) groups excluding carboxylic acids is 1. The number of carboxylic acid groups (broad SMARTS) is 1. The minimum Gasteiger partial charge on any atom is -0.481 e. The molecule has 2 aromatic rings. The van der Waals surface area contributed by atoms with Gasteiger partial charge in [-0.05, 0) is 30.5 Å². The van der Waals surface area contributed by atoms with Crippen molar-refractivity contribution >= 4 is 22.8 Å². The summed E-state index contributed by atoms with van der Waals surface area (Å²) in [5.74, 6) is -0.793. The molecule has 0 spiro atoms. The number of rotatable bonds is 6. The van der Waals surface area contributed by atoms with Crippen LogP contribution >= 0.6 is 0 Å². The first-order valence-electron chi connectivity index (χ1n) is 6.64. The van der Waals surface area contributed by atoms with E-state index in [1.54, 1.807) is 12.3 Å². The van der Waals surface area contributed by atoms with E-state index < -0.39 is 5.97 Å². The average molecular weight is 274 g/mol. The van der Waals surface area contributed by atoms with Crippen molar-refractivity contribution in [1.29, 1.82) is 0 Å². The highest BCUT2D eigenvalue weighted by Crippen LogP contribution is 2.17. The summed E-state index contributed by atoms with van der Waals surface area (Å²) in [6, 6.07) is 7.41. The zero-order valence-electron chi connectivity index (χ0n) is 11.3. The molecule has 0 saturated carbocycles. The van der Waals surface area contributed by atoms with Crippen molar-refractivity contribution < 1.29 is 14.7 Å². The van der Waals surface area contributed by atoms with E-state index in [4.69, 9.17) is 5.11 Å². The van der Waals surface area contributed by atoms with Crippen molar-refractivity contribution in [1.82, 2.24) is 10.3 Å². The Labute approximate surface area is 117 Å². The summed E-state index contributed by atoms with van der Waals surface area (Å²) >= 11 is 0. The van der Waals surface area contributed by atoms with Crippen LogP contribution in [0.15, 0.2) is 30.5 Å². The van der Waals surface area contributed by atoms with Crippen LogP contribution in [0.25, 0.3) is 10.9 Å². The Kier molecular flexibility index (Phi) is 4.40. The summed E-state index contributed by atoms with van der Waals surface area (Å²) < 4.78 is 0. The Balaban J connectivity index is 1.95. The summed E-state index contributed by atoms with van der Waals surface area (Å²) in [5.41, 5.74) is 1.56. The number of H-pyrrole nitrogens is 1. The molecular weight excluding hydrogens is 256 g/mol. The molecule has 106 valence electrons. The molecule has 0 bridgehead atoms. The average Bonchev–Trinajstić information content (AvgIpc) is 2.90. The molecule has 1 atom stereocenters. The van der Waals surface area contributed by atoms with Crippen molar-refractivity contribution in [3.63, 3.8) is 0 Å². The SMILES string of the molecule is CC(CCC(=O)O)CNC(=O)c1cccc2[nH]ccc12. The first-order valence-corrected chi connectivity index (χ1v) is 6.64. The number of nitrogens with one attached hydrogen (secondary N) is 2. The Hall–Kier alpha value is -2.30. The summed E-state index contributed by atoms with van der Waals surface area (Å²) in [7, 11) is 0. The van der Waals surface area contributed by atoms with Crippen LogP contribution in [0.3, 0.4) is 0 Å². The number of amides is 1. The van der Waals surface area contributed by atoms with Crippen LogP contribution < -0.4 is 5.32 Å². The minimum atomic E-state index is -0.805. The minimum absolute atomic E-state index is 0.127. The number of aromatic amines is 1. The van der Waals surface area contributed by atoms with E-state index in [0.29, 0.717) is 18.5 Å². The van der Waals surface area contributed by atoms with Crippen LogP contribution in [-0.2, 0) is 4.79 Å². The summed E-state index contributed by atoms with van der Waals surface area (Å²) in [6.07, 6.45) is 2.49. The van der Waals surface area contributed by atoms with Crippen LogP contribution in [-0.4, -0.2) is 28.5 Å². The number of aliphatic carboxylic acids is 1. The second kappa shape index (κ2) is 6.23. The van der Waals surface area contributed by atoms with Crippen molar-refractivity contribution in [2.24, 2.45) is 5.92 Å². The first kappa shape index (κ1) is 14.1. The van der Waals surface area contributed by atoms with Crippen molar-refractivity contribution in [2.75, 3.05) is 6.54 Å². The van der Waals surface area contributed by atoms with Gasteiger partial charge in [0.05, 0.1) is 0 Å². The fourth-order valence-electron chi connectivity index (χ4n) is 2.12. The monoisotopic (exact) mass is 274 g/mol. The van der Waals surface area contributed by atoms with Crippen LogP contribution in [0, 0.1) is 5.92 Å². The Bertz CT molecular complexity index is 618. The van der Waals surface area contributed by atoms with Gasteiger partial charge in [-0.1, -0.05) is 13.0 Å². The van der Waals surface area contributed by atoms with Crippen molar-refractivity contribution in [3.05, 3.63) is 36.0 Å². The second-order valence-corrected chi connectivity index (χ2v) is 4.99. The quantitative estimate of drug-likeness (QED) is 0.756. The zero-order valence-corrected chi connectivity index (χ0v) is 11.3. The van der Waals surface area contributed by atoms with E-state index in [1.807, 2.05) is 25.1 Å². The number of benzene rings is 1. The van der Waals surface area contributed by atoms with Crippen LogP contribution in [0.2, 0.25) is 0 Å². The number of carboxylic acids is 1. The molecule has 3 N–H and O–H groups in total. The molecule has 0 fully saturated rings. The van der Waals surface area contributed by atoms with Gasteiger partial charge in [0.15, 0.2) is 0 Å². The Morgan fingerprint density at radius 1 is 1.35 bits per heavy atom. The molecule has 20 heavy (non-hydrogen) atoms. The van der Waals surface area contributed by atoms with Crippen LogP contribution in [0.4, 0.5) is 0 Å². The molecule has 5 heteroatoms. The van der Waals surface area contributed by atoms with Gasteiger partial charge in [0.2, 0.25) is 0 Å². The van der Waals surface area contributed by atoms with Gasteiger partial charge in [-0.3, -0.25) is 9.59 Å². The second-order valence-electron chi connectivity index (χ2n) is 4.99. The summed E-state index contributed by atoms with van der Waals surface area (Å²) in [5, 5.41) is 12.4. The largest absolute Gasteiger partial charge is 0.481 e.